The second-order valence-electron chi connectivity index (χ2n) is 12.4. The minimum absolute atomic E-state index is 0.0473. The van der Waals surface area contributed by atoms with Crippen molar-refractivity contribution in [2.45, 2.75) is 77.4 Å². The third-order valence-electron chi connectivity index (χ3n) is 7.97. The van der Waals surface area contributed by atoms with Gasteiger partial charge in [-0.2, -0.15) is 0 Å². The number of hydrogen-bond donors (Lipinski definition) is 5. The van der Waals surface area contributed by atoms with Crippen LogP contribution in [0, 0.1) is 12.8 Å². The average molecular weight is 667 g/mol. The molecule has 0 saturated carbocycles. The standard InChI is InChI=1S/C38H46N6O5/c1-26(2)35(44-37(47)40-24-31-18-10-12-27(3)41-31)36(46)43-33(21-29-15-8-5-9-16-29)34(45)22-32(20-28-13-6-4-7-14-28)42-38(48)49-25-30-17-11-19-39-23-30/h4-19,23,26,32-35,45H,20-22,24-25H2,1-3H3,(H,42,48)(H,43,46)(H2,40,44,47)/t32-,33-,34-,35-/m0/s1. The Bertz CT molecular complexity index is 1610. The van der Waals surface area contributed by atoms with E-state index in [1.165, 1.54) is 0 Å². The molecule has 0 fully saturated rings. The van der Waals surface area contributed by atoms with Crippen LogP contribution in [0.3, 0.4) is 0 Å². The fourth-order valence-corrected chi connectivity index (χ4v) is 5.41. The van der Waals surface area contributed by atoms with Crippen molar-refractivity contribution < 1.29 is 24.2 Å². The molecule has 0 spiro atoms. The summed E-state index contributed by atoms with van der Waals surface area (Å²) in [6, 6.07) is 25.7. The first-order chi connectivity index (χ1) is 23.7. The van der Waals surface area contributed by atoms with Gasteiger partial charge in [-0.05, 0) is 61.4 Å². The molecule has 11 nitrogen and oxygen atoms in total. The van der Waals surface area contributed by atoms with Crippen LogP contribution in [0.4, 0.5) is 9.59 Å². The number of ether oxygens (including phenoxy) is 1. The molecular weight excluding hydrogens is 620 g/mol. The number of aromatic nitrogens is 2. The zero-order chi connectivity index (χ0) is 35.0. The molecule has 0 unspecified atom stereocenters. The number of urea groups is 1. The van der Waals surface area contributed by atoms with Crippen LogP contribution >= 0.6 is 0 Å². The van der Waals surface area contributed by atoms with E-state index in [1.807, 2.05) is 106 Å². The molecule has 0 bridgehead atoms. The van der Waals surface area contributed by atoms with Gasteiger partial charge in [0.15, 0.2) is 0 Å². The number of pyridine rings is 2. The minimum Gasteiger partial charge on any atom is -0.445 e. The van der Waals surface area contributed by atoms with Gasteiger partial charge in [0.1, 0.15) is 12.6 Å². The topological polar surface area (TPSA) is 155 Å². The summed E-state index contributed by atoms with van der Waals surface area (Å²) >= 11 is 0. The zero-order valence-corrected chi connectivity index (χ0v) is 28.2. The maximum atomic E-state index is 13.7. The summed E-state index contributed by atoms with van der Waals surface area (Å²) in [4.78, 5) is 48.0. The Labute approximate surface area is 287 Å². The number of alkyl carbamates (subject to hydrolysis) is 1. The highest BCUT2D eigenvalue weighted by Gasteiger charge is 2.31. The van der Waals surface area contributed by atoms with Gasteiger partial charge < -0.3 is 31.1 Å². The van der Waals surface area contributed by atoms with Gasteiger partial charge >= 0.3 is 12.1 Å². The molecule has 0 radical (unpaired) electrons. The number of nitrogens with zero attached hydrogens (tertiary/aromatic N) is 2. The predicted molar refractivity (Wildman–Crippen MR) is 187 cm³/mol. The number of amides is 4. The second kappa shape index (κ2) is 18.9. The molecule has 4 rings (SSSR count). The van der Waals surface area contributed by atoms with Gasteiger partial charge in [-0.25, -0.2) is 9.59 Å². The Kier molecular flexibility index (Phi) is 14.1. The number of rotatable bonds is 16. The van der Waals surface area contributed by atoms with E-state index in [2.05, 4.69) is 31.2 Å². The molecule has 0 aliphatic carbocycles. The number of aryl methyl sites for hydroxylation is 1. The number of benzene rings is 2. The van der Waals surface area contributed by atoms with Crippen LogP contribution in [0.5, 0.6) is 0 Å². The van der Waals surface area contributed by atoms with E-state index in [0.717, 1.165) is 22.4 Å². The van der Waals surface area contributed by atoms with Crippen molar-refractivity contribution in [2.24, 2.45) is 5.92 Å². The van der Waals surface area contributed by atoms with Crippen LogP contribution in [0.2, 0.25) is 0 Å². The molecule has 0 aliphatic heterocycles. The molecule has 2 aromatic carbocycles. The number of nitrogens with one attached hydrogen (secondary N) is 4. The van der Waals surface area contributed by atoms with Crippen LogP contribution in [-0.4, -0.2) is 57.3 Å². The van der Waals surface area contributed by atoms with Crippen molar-refractivity contribution in [1.29, 1.82) is 0 Å². The first-order valence-electron chi connectivity index (χ1n) is 16.5. The van der Waals surface area contributed by atoms with Gasteiger partial charge in [-0.15, -0.1) is 0 Å². The SMILES string of the molecule is Cc1cccc(CNC(=O)N[C@H](C(=O)N[C@@H](Cc2ccccc2)[C@@H](O)C[C@H](Cc2ccccc2)NC(=O)OCc2cccnc2)C(C)C)n1. The lowest BCUT2D eigenvalue weighted by Gasteiger charge is -2.30. The van der Waals surface area contributed by atoms with Crippen LogP contribution in [0.25, 0.3) is 0 Å². The van der Waals surface area contributed by atoms with Crippen molar-refractivity contribution in [2.75, 3.05) is 0 Å². The van der Waals surface area contributed by atoms with Crippen LogP contribution in [0.1, 0.15) is 48.3 Å². The molecule has 11 heteroatoms. The minimum atomic E-state index is -1.06. The van der Waals surface area contributed by atoms with E-state index in [9.17, 15) is 19.5 Å². The highest BCUT2D eigenvalue weighted by Crippen LogP contribution is 2.15. The molecule has 4 aromatic rings. The Hall–Kier alpha value is -5.29. The summed E-state index contributed by atoms with van der Waals surface area (Å²) in [5, 5.41) is 23.2. The predicted octanol–water partition coefficient (Wildman–Crippen LogP) is 4.63. The smallest absolute Gasteiger partial charge is 0.407 e. The highest BCUT2D eigenvalue weighted by molar-refractivity contribution is 5.87. The van der Waals surface area contributed by atoms with Crippen molar-refractivity contribution >= 4 is 18.0 Å². The maximum Gasteiger partial charge on any atom is 0.407 e. The lowest BCUT2D eigenvalue weighted by molar-refractivity contribution is -0.125. The Morgan fingerprint density at radius 3 is 2.10 bits per heavy atom. The Morgan fingerprint density at radius 1 is 0.796 bits per heavy atom. The molecular formula is C38H46N6O5. The van der Waals surface area contributed by atoms with Gasteiger partial charge in [0.05, 0.1) is 24.4 Å². The number of aliphatic hydroxyl groups is 1. The zero-order valence-electron chi connectivity index (χ0n) is 28.2. The van der Waals surface area contributed by atoms with E-state index in [-0.39, 0.29) is 25.5 Å². The molecule has 2 heterocycles. The molecule has 49 heavy (non-hydrogen) atoms. The number of aliphatic hydroxyl groups excluding tert-OH is 1. The Morgan fingerprint density at radius 2 is 1.47 bits per heavy atom. The normalized spacial score (nSPS) is 13.4. The fourth-order valence-electron chi connectivity index (χ4n) is 5.41. The third kappa shape index (κ3) is 12.7. The summed E-state index contributed by atoms with van der Waals surface area (Å²) in [7, 11) is 0. The van der Waals surface area contributed by atoms with E-state index in [1.54, 1.807) is 18.5 Å². The molecule has 5 N–H and O–H groups in total. The van der Waals surface area contributed by atoms with E-state index >= 15 is 0 Å². The number of carbonyl (C=O) groups excluding carboxylic acids is 3. The number of hydrogen-bond acceptors (Lipinski definition) is 7. The summed E-state index contributed by atoms with van der Waals surface area (Å²) in [5.74, 6) is -0.679. The lowest BCUT2D eigenvalue weighted by atomic mass is 9.93. The largest absolute Gasteiger partial charge is 0.445 e. The third-order valence-corrected chi connectivity index (χ3v) is 7.97. The molecule has 4 atom stereocenters. The van der Waals surface area contributed by atoms with Crippen LogP contribution in [0.15, 0.2) is 103 Å². The van der Waals surface area contributed by atoms with Crippen molar-refractivity contribution in [3.63, 3.8) is 0 Å². The summed E-state index contributed by atoms with van der Waals surface area (Å²) in [6.45, 7) is 5.80. The second-order valence-corrected chi connectivity index (χ2v) is 12.4. The van der Waals surface area contributed by atoms with Gasteiger partial charge in [-0.1, -0.05) is 86.6 Å². The van der Waals surface area contributed by atoms with Gasteiger partial charge in [0.25, 0.3) is 0 Å². The van der Waals surface area contributed by atoms with E-state index in [4.69, 9.17) is 4.74 Å². The van der Waals surface area contributed by atoms with Gasteiger partial charge in [-0.3, -0.25) is 14.8 Å². The summed E-state index contributed by atoms with van der Waals surface area (Å²) in [5.41, 5.74) is 4.16. The van der Waals surface area contributed by atoms with Gasteiger partial charge in [0, 0.05) is 29.7 Å². The van der Waals surface area contributed by atoms with Crippen molar-refractivity contribution in [3.05, 3.63) is 131 Å². The van der Waals surface area contributed by atoms with E-state index < -0.39 is 42.3 Å². The van der Waals surface area contributed by atoms with E-state index in [0.29, 0.717) is 18.5 Å². The van der Waals surface area contributed by atoms with Gasteiger partial charge in [0.2, 0.25) is 5.91 Å². The monoisotopic (exact) mass is 666 g/mol. The maximum absolute atomic E-state index is 13.7. The van der Waals surface area contributed by atoms with Crippen LogP contribution < -0.4 is 21.3 Å². The molecule has 0 aliphatic rings. The van der Waals surface area contributed by atoms with Crippen molar-refractivity contribution in [3.8, 4) is 0 Å². The summed E-state index contributed by atoms with van der Waals surface area (Å²) < 4.78 is 5.46. The molecule has 4 amide bonds. The summed E-state index contributed by atoms with van der Waals surface area (Å²) in [6.07, 6.45) is 2.45. The van der Waals surface area contributed by atoms with Crippen molar-refractivity contribution in [1.82, 2.24) is 31.2 Å². The quantitative estimate of drug-likeness (QED) is 0.117. The number of carbonyl (C=O) groups is 3. The Balaban J connectivity index is 1.46. The average Bonchev–Trinajstić information content (AvgIpc) is 3.09. The van der Waals surface area contributed by atoms with Crippen LogP contribution in [-0.2, 0) is 35.5 Å². The first-order valence-corrected chi connectivity index (χ1v) is 16.5. The molecule has 258 valence electrons. The first kappa shape index (κ1) is 36.5. The molecule has 0 saturated heterocycles. The molecule has 2 aromatic heterocycles. The lowest BCUT2D eigenvalue weighted by Crippen LogP contribution is -2.57. The fraction of sp³-hybridized carbons (Fsp3) is 0.342. The highest BCUT2D eigenvalue weighted by atomic mass is 16.5.